The van der Waals surface area contributed by atoms with Crippen molar-refractivity contribution in [2.75, 3.05) is 18.6 Å². The van der Waals surface area contributed by atoms with Crippen LogP contribution < -0.4 is 9.64 Å². The predicted octanol–water partition coefficient (Wildman–Crippen LogP) is 4.15. The molecular weight excluding hydrogens is 450 g/mol. The minimum atomic E-state index is -4.87. The number of anilines is 1. The van der Waals surface area contributed by atoms with Gasteiger partial charge >= 0.3 is 18.2 Å². The van der Waals surface area contributed by atoms with Crippen LogP contribution in [0.15, 0.2) is 36.4 Å². The van der Waals surface area contributed by atoms with Crippen LogP contribution in [0.1, 0.15) is 16.7 Å². The standard InChI is InChI=1S/C19H12ClF4NO6/c1-30-14-5-3-10(20)7-12(14)18(21)11-4-2-9(19(22,23)24)6-13(11)25(16(18)28)17(29)31-8-15(26)27/h2-7H,8H2,1H3,(H,26,27)/t18-/m0/s1. The van der Waals surface area contributed by atoms with Crippen molar-refractivity contribution in [3.8, 4) is 5.75 Å². The van der Waals surface area contributed by atoms with E-state index in [1.807, 2.05) is 0 Å². The van der Waals surface area contributed by atoms with Crippen molar-refractivity contribution in [3.05, 3.63) is 58.1 Å². The number of carboxylic acid groups (broad SMARTS) is 1. The number of nitrogens with zero attached hydrogens (tertiary/aromatic N) is 1. The van der Waals surface area contributed by atoms with Crippen LogP contribution in [0.2, 0.25) is 5.02 Å². The van der Waals surface area contributed by atoms with Gasteiger partial charge in [-0.3, -0.25) is 4.79 Å². The molecule has 0 spiro atoms. The number of amides is 2. The number of hydrogen-bond acceptors (Lipinski definition) is 5. The van der Waals surface area contributed by atoms with E-state index >= 15 is 4.39 Å². The Hall–Kier alpha value is -3.34. The molecule has 0 unspecified atom stereocenters. The number of carbonyl (C=O) groups is 3. The Kier molecular flexibility index (Phi) is 5.57. The molecular formula is C19H12ClF4NO6. The molecule has 164 valence electrons. The van der Waals surface area contributed by atoms with Gasteiger partial charge in [-0.15, -0.1) is 0 Å². The van der Waals surface area contributed by atoms with Gasteiger partial charge in [0.1, 0.15) is 5.75 Å². The topological polar surface area (TPSA) is 93.1 Å². The normalized spacial score (nSPS) is 18.0. The van der Waals surface area contributed by atoms with Gasteiger partial charge in [0.25, 0.3) is 5.91 Å². The van der Waals surface area contributed by atoms with Crippen LogP contribution in [0.3, 0.4) is 0 Å². The zero-order valence-corrected chi connectivity index (χ0v) is 16.3. The van der Waals surface area contributed by atoms with E-state index in [1.165, 1.54) is 19.2 Å². The summed E-state index contributed by atoms with van der Waals surface area (Å²) in [4.78, 5) is 36.1. The van der Waals surface area contributed by atoms with Gasteiger partial charge in [-0.1, -0.05) is 17.7 Å². The second kappa shape index (κ2) is 7.73. The van der Waals surface area contributed by atoms with E-state index in [2.05, 4.69) is 4.74 Å². The fraction of sp³-hybridized carbons (Fsp3) is 0.211. The van der Waals surface area contributed by atoms with Gasteiger partial charge in [0, 0.05) is 16.1 Å². The summed E-state index contributed by atoms with van der Waals surface area (Å²) in [5.41, 5.74) is -6.24. The van der Waals surface area contributed by atoms with Crippen molar-refractivity contribution < 1.29 is 46.5 Å². The molecule has 3 rings (SSSR count). The van der Waals surface area contributed by atoms with Crippen LogP contribution in [0.25, 0.3) is 0 Å². The lowest BCUT2D eigenvalue weighted by molar-refractivity contribution is -0.140. The number of aliphatic carboxylic acids is 1. The molecule has 1 heterocycles. The van der Waals surface area contributed by atoms with Crippen molar-refractivity contribution in [1.29, 1.82) is 0 Å². The number of hydrogen-bond donors (Lipinski definition) is 1. The molecule has 7 nitrogen and oxygen atoms in total. The first-order valence-corrected chi connectivity index (χ1v) is 8.76. The summed E-state index contributed by atoms with van der Waals surface area (Å²) >= 11 is 5.90. The Morgan fingerprint density at radius 1 is 1.16 bits per heavy atom. The summed E-state index contributed by atoms with van der Waals surface area (Å²) < 4.78 is 65.4. The number of methoxy groups -OCH3 is 1. The van der Waals surface area contributed by atoms with Gasteiger partial charge in [0.2, 0.25) is 5.67 Å². The van der Waals surface area contributed by atoms with Gasteiger partial charge in [-0.2, -0.15) is 13.2 Å². The molecule has 0 aromatic heterocycles. The maximum atomic E-state index is 16.4. The van der Waals surface area contributed by atoms with Crippen molar-refractivity contribution >= 4 is 35.3 Å². The lowest BCUT2D eigenvalue weighted by Gasteiger charge is -2.22. The van der Waals surface area contributed by atoms with Crippen LogP contribution in [0.4, 0.5) is 28.0 Å². The summed E-state index contributed by atoms with van der Waals surface area (Å²) in [5, 5.41) is 8.65. The number of benzene rings is 2. The van der Waals surface area contributed by atoms with Gasteiger partial charge in [0.05, 0.1) is 18.4 Å². The summed E-state index contributed by atoms with van der Waals surface area (Å²) in [6.45, 7) is -1.20. The third-order valence-electron chi connectivity index (χ3n) is 4.47. The fourth-order valence-electron chi connectivity index (χ4n) is 3.14. The summed E-state index contributed by atoms with van der Waals surface area (Å²) in [6, 6.07) is 5.25. The minimum absolute atomic E-state index is 0.0130. The second-order valence-electron chi connectivity index (χ2n) is 6.32. The van der Waals surface area contributed by atoms with Gasteiger partial charge < -0.3 is 14.6 Å². The van der Waals surface area contributed by atoms with Gasteiger partial charge in [-0.25, -0.2) is 18.9 Å². The highest BCUT2D eigenvalue weighted by Gasteiger charge is 2.57. The van der Waals surface area contributed by atoms with Crippen LogP contribution in [0.5, 0.6) is 5.75 Å². The molecule has 1 atom stereocenters. The molecule has 0 fully saturated rings. The van der Waals surface area contributed by atoms with E-state index in [-0.39, 0.29) is 15.7 Å². The Morgan fingerprint density at radius 3 is 2.42 bits per heavy atom. The Morgan fingerprint density at radius 2 is 1.84 bits per heavy atom. The molecule has 0 bridgehead atoms. The maximum absolute atomic E-state index is 16.4. The molecule has 31 heavy (non-hydrogen) atoms. The maximum Gasteiger partial charge on any atom is 0.421 e. The van der Waals surface area contributed by atoms with E-state index in [0.29, 0.717) is 18.2 Å². The van der Waals surface area contributed by atoms with E-state index in [9.17, 15) is 27.6 Å². The minimum Gasteiger partial charge on any atom is -0.496 e. The molecule has 12 heteroatoms. The number of ether oxygens (including phenoxy) is 2. The molecule has 1 N–H and O–H groups in total. The smallest absolute Gasteiger partial charge is 0.421 e. The molecule has 2 aromatic carbocycles. The number of halogens is 5. The molecule has 0 saturated carbocycles. The molecule has 2 amide bonds. The predicted molar refractivity (Wildman–Crippen MR) is 97.8 cm³/mol. The van der Waals surface area contributed by atoms with E-state index < -0.39 is 58.8 Å². The molecule has 0 radical (unpaired) electrons. The summed E-state index contributed by atoms with van der Waals surface area (Å²) in [5.74, 6) is -3.36. The van der Waals surface area contributed by atoms with Gasteiger partial charge in [0.15, 0.2) is 6.61 Å². The quantitative estimate of drug-likeness (QED) is 0.688. The van der Waals surface area contributed by atoms with E-state index in [1.54, 1.807) is 0 Å². The lowest BCUT2D eigenvalue weighted by Crippen LogP contribution is -2.42. The zero-order valence-electron chi connectivity index (χ0n) is 15.5. The lowest BCUT2D eigenvalue weighted by atomic mass is 9.88. The Balaban J connectivity index is 2.25. The van der Waals surface area contributed by atoms with Crippen LogP contribution >= 0.6 is 11.6 Å². The van der Waals surface area contributed by atoms with Crippen molar-refractivity contribution in [3.63, 3.8) is 0 Å². The van der Waals surface area contributed by atoms with Crippen molar-refractivity contribution in [2.45, 2.75) is 11.8 Å². The van der Waals surface area contributed by atoms with E-state index in [4.69, 9.17) is 21.4 Å². The fourth-order valence-corrected chi connectivity index (χ4v) is 3.31. The van der Waals surface area contributed by atoms with Crippen LogP contribution in [-0.4, -0.2) is 36.8 Å². The summed E-state index contributed by atoms with van der Waals surface area (Å²) in [7, 11) is 1.17. The average Bonchev–Trinajstić information content (AvgIpc) is 2.93. The third-order valence-corrected chi connectivity index (χ3v) is 4.70. The number of rotatable bonds is 4. The highest BCUT2D eigenvalue weighted by atomic mass is 35.5. The highest BCUT2D eigenvalue weighted by molar-refractivity contribution is 6.31. The zero-order chi connectivity index (χ0) is 23.1. The average molecular weight is 462 g/mol. The third kappa shape index (κ3) is 3.76. The number of carboxylic acids is 1. The van der Waals surface area contributed by atoms with Crippen LogP contribution in [-0.2, 0) is 26.2 Å². The highest BCUT2D eigenvalue weighted by Crippen LogP contribution is 2.51. The Bertz CT molecular complexity index is 1090. The number of fused-ring (bicyclic) bond motifs is 1. The molecule has 1 aliphatic heterocycles. The first-order chi connectivity index (χ1) is 14.4. The summed E-state index contributed by atoms with van der Waals surface area (Å²) in [6.07, 6.45) is -6.53. The van der Waals surface area contributed by atoms with Crippen molar-refractivity contribution in [1.82, 2.24) is 0 Å². The molecule has 1 aliphatic rings. The first kappa shape index (κ1) is 22.3. The SMILES string of the molecule is COc1ccc(Cl)cc1[C@]1(F)C(=O)N(C(=O)OCC(=O)O)c2cc(C(F)(F)F)ccc21. The number of alkyl halides is 4. The number of carbonyl (C=O) groups excluding carboxylic acids is 2. The second-order valence-corrected chi connectivity index (χ2v) is 6.76. The number of imide groups is 1. The molecule has 0 saturated heterocycles. The first-order valence-electron chi connectivity index (χ1n) is 8.39. The molecule has 0 aliphatic carbocycles. The largest absolute Gasteiger partial charge is 0.496 e. The molecule has 2 aromatic rings. The van der Waals surface area contributed by atoms with Crippen LogP contribution in [0, 0.1) is 0 Å². The van der Waals surface area contributed by atoms with Gasteiger partial charge in [-0.05, 0) is 30.3 Å². The van der Waals surface area contributed by atoms with Crippen molar-refractivity contribution in [2.24, 2.45) is 0 Å². The monoisotopic (exact) mass is 461 g/mol. The Labute approximate surface area is 176 Å². The van der Waals surface area contributed by atoms with E-state index in [0.717, 1.165) is 6.07 Å².